The molecule has 0 spiro atoms. The first kappa shape index (κ1) is 14.2. The average Bonchev–Trinajstić information content (AvgIpc) is 2.84. The first-order valence-corrected chi connectivity index (χ1v) is 6.98. The summed E-state index contributed by atoms with van der Waals surface area (Å²) in [5.74, 6) is 1.37. The molecular formula is C15H23NO3. The quantitative estimate of drug-likeness (QED) is 0.828. The second-order valence-electron chi connectivity index (χ2n) is 5.10. The predicted octanol–water partition coefficient (Wildman–Crippen LogP) is 2.23. The number of benzene rings is 1. The Morgan fingerprint density at radius 2 is 2.00 bits per heavy atom. The van der Waals surface area contributed by atoms with Crippen molar-refractivity contribution in [1.82, 2.24) is 0 Å². The van der Waals surface area contributed by atoms with Gasteiger partial charge in [-0.05, 0) is 25.8 Å². The van der Waals surface area contributed by atoms with Gasteiger partial charge in [0.1, 0.15) is 6.61 Å². The van der Waals surface area contributed by atoms with Gasteiger partial charge in [0.25, 0.3) is 0 Å². The summed E-state index contributed by atoms with van der Waals surface area (Å²) in [5, 5.41) is 10.3. The number of rotatable bonds is 6. The van der Waals surface area contributed by atoms with Crippen LogP contribution < -0.4 is 15.2 Å². The van der Waals surface area contributed by atoms with Crippen molar-refractivity contribution in [3.63, 3.8) is 0 Å². The van der Waals surface area contributed by atoms with Crippen LogP contribution in [0.1, 0.15) is 38.2 Å². The molecular weight excluding hydrogens is 242 g/mol. The molecule has 0 aromatic heterocycles. The van der Waals surface area contributed by atoms with Gasteiger partial charge in [0, 0.05) is 12.1 Å². The lowest BCUT2D eigenvalue weighted by Gasteiger charge is -2.24. The second kappa shape index (κ2) is 6.26. The van der Waals surface area contributed by atoms with Crippen molar-refractivity contribution in [3.05, 3.63) is 23.8 Å². The van der Waals surface area contributed by atoms with E-state index in [1.807, 2.05) is 25.1 Å². The molecule has 4 heteroatoms. The molecule has 4 nitrogen and oxygen atoms in total. The Balaban J connectivity index is 2.12. The van der Waals surface area contributed by atoms with Gasteiger partial charge in [0.15, 0.2) is 11.5 Å². The third kappa shape index (κ3) is 3.39. The lowest BCUT2D eigenvalue weighted by Crippen LogP contribution is -2.32. The van der Waals surface area contributed by atoms with E-state index < -0.39 is 5.60 Å². The molecule has 0 amide bonds. The van der Waals surface area contributed by atoms with Crippen molar-refractivity contribution < 1.29 is 14.6 Å². The maximum Gasteiger partial charge on any atom is 0.165 e. The maximum absolute atomic E-state index is 10.3. The van der Waals surface area contributed by atoms with Crippen molar-refractivity contribution in [1.29, 1.82) is 0 Å². The van der Waals surface area contributed by atoms with Gasteiger partial charge in [-0.2, -0.15) is 0 Å². The van der Waals surface area contributed by atoms with Crippen LogP contribution in [0.25, 0.3) is 0 Å². The van der Waals surface area contributed by atoms with Gasteiger partial charge in [-0.25, -0.2) is 0 Å². The van der Waals surface area contributed by atoms with Crippen LogP contribution in [0.5, 0.6) is 11.5 Å². The number of hydrogen-bond donors (Lipinski definition) is 2. The Morgan fingerprint density at radius 1 is 1.26 bits per heavy atom. The molecule has 0 radical (unpaired) electrons. The second-order valence-corrected chi connectivity index (χ2v) is 5.10. The Labute approximate surface area is 114 Å². The van der Waals surface area contributed by atoms with Gasteiger partial charge in [-0.15, -0.1) is 0 Å². The highest BCUT2D eigenvalue weighted by Crippen LogP contribution is 2.35. The van der Waals surface area contributed by atoms with E-state index in [1.54, 1.807) is 0 Å². The molecule has 0 atom stereocenters. The van der Waals surface area contributed by atoms with Gasteiger partial charge in [-0.3, -0.25) is 0 Å². The monoisotopic (exact) mass is 265 g/mol. The van der Waals surface area contributed by atoms with E-state index in [4.69, 9.17) is 15.2 Å². The summed E-state index contributed by atoms with van der Waals surface area (Å²) in [5.41, 5.74) is 5.95. The zero-order valence-electron chi connectivity index (χ0n) is 11.5. The molecule has 3 N–H and O–H groups in total. The summed E-state index contributed by atoms with van der Waals surface area (Å²) in [6.07, 6.45) is 3.75. The number of aliphatic hydroxyl groups is 1. The zero-order valence-corrected chi connectivity index (χ0v) is 11.5. The number of para-hydroxylation sites is 1. The molecule has 1 saturated carbocycles. The molecule has 1 aliphatic carbocycles. The molecule has 106 valence electrons. The lowest BCUT2D eigenvalue weighted by atomic mass is 10.0. The van der Waals surface area contributed by atoms with Crippen molar-refractivity contribution in [2.24, 2.45) is 5.73 Å². The van der Waals surface area contributed by atoms with E-state index >= 15 is 0 Å². The fraction of sp³-hybridized carbons (Fsp3) is 0.600. The van der Waals surface area contributed by atoms with Crippen LogP contribution in [0.2, 0.25) is 0 Å². The minimum absolute atomic E-state index is 0.310. The predicted molar refractivity (Wildman–Crippen MR) is 74.4 cm³/mol. The average molecular weight is 265 g/mol. The smallest absolute Gasteiger partial charge is 0.165 e. The van der Waals surface area contributed by atoms with Gasteiger partial charge < -0.3 is 20.3 Å². The molecule has 0 aliphatic heterocycles. The number of ether oxygens (including phenoxy) is 2. The van der Waals surface area contributed by atoms with E-state index in [9.17, 15) is 5.11 Å². The highest BCUT2D eigenvalue weighted by Gasteiger charge is 2.32. The summed E-state index contributed by atoms with van der Waals surface area (Å²) < 4.78 is 11.4. The highest BCUT2D eigenvalue weighted by atomic mass is 16.5. The van der Waals surface area contributed by atoms with Crippen molar-refractivity contribution in [2.45, 2.75) is 44.8 Å². The molecule has 0 bridgehead atoms. The van der Waals surface area contributed by atoms with Crippen LogP contribution in [0.3, 0.4) is 0 Å². The van der Waals surface area contributed by atoms with Crippen LogP contribution in [-0.2, 0) is 6.54 Å². The minimum atomic E-state index is -0.689. The summed E-state index contributed by atoms with van der Waals surface area (Å²) in [6, 6.07) is 5.71. The SMILES string of the molecule is CCOc1cccc(CN)c1OCC1(O)CCCC1. The van der Waals surface area contributed by atoms with Crippen LogP contribution in [0.4, 0.5) is 0 Å². The molecule has 1 aromatic carbocycles. The van der Waals surface area contributed by atoms with E-state index in [2.05, 4.69) is 0 Å². The van der Waals surface area contributed by atoms with Crippen LogP contribution in [-0.4, -0.2) is 23.9 Å². The Hall–Kier alpha value is -1.26. The van der Waals surface area contributed by atoms with Crippen LogP contribution in [0.15, 0.2) is 18.2 Å². The van der Waals surface area contributed by atoms with Gasteiger partial charge >= 0.3 is 0 Å². The summed E-state index contributed by atoms with van der Waals surface area (Å²) in [4.78, 5) is 0. The standard InChI is InChI=1S/C15H23NO3/c1-2-18-13-7-5-6-12(10-16)14(13)19-11-15(17)8-3-4-9-15/h5-7,17H,2-4,8-11,16H2,1H3. The third-order valence-corrected chi connectivity index (χ3v) is 3.60. The molecule has 1 fully saturated rings. The third-order valence-electron chi connectivity index (χ3n) is 3.60. The zero-order chi connectivity index (χ0) is 13.7. The molecule has 0 unspecified atom stereocenters. The topological polar surface area (TPSA) is 64.7 Å². The molecule has 1 aliphatic rings. The van der Waals surface area contributed by atoms with E-state index in [0.29, 0.717) is 31.3 Å². The Morgan fingerprint density at radius 3 is 2.63 bits per heavy atom. The van der Waals surface area contributed by atoms with Gasteiger partial charge in [0.05, 0.1) is 12.2 Å². The van der Waals surface area contributed by atoms with Crippen molar-refractivity contribution in [3.8, 4) is 11.5 Å². The van der Waals surface area contributed by atoms with Crippen molar-refractivity contribution in [2.75, 3.05) is 13.2 Å². The fourth-order valence-electron chi connectivity index (χ4n) is 2.54. The summed E-state index contributed by atoms with van der Waals surface area (Å²) in [6.45, 7) is 3.22. The number of hydrogen-bond acceptors (Lipinski definition) is 4. The normalized spacial score (nSPS) is 17.4. The minimum Gasteiger partial charge on any atom is -0.490 e. The lowest BCUT2D eigenvalue weighted by molar-refractivity contribution is 0.000330. The summed E-state index contributed by atoms with van der Waals surface area (Å²) >= 11 is 0. The Bertz CT molecular complexity index is 414. The molecule has 0 saturated heterocycles. The van der Waals surface area contributed by atoms with E-state index in [0.717, 1.165) is 31.2 Å². The van der Waals surface area contributed by atoms with Crippen LogP contribution in [0, 0.1) is 0 Å². The molecule has 19 heavy (non-hydrogen) atoms. The molecule has 0 heterocycles. The highest BCUT2D eigenvalue weighted by molar-refractivity contribution is 5.46. The first-order chi connectivity index (χ1) is 9.18. The summed E-state index contributed by atoms with van der Waals surface area (Å²) in [7, 11) is 0. The molecule has 1 aromatic rings. The molecule has 2 rings (SSSR count). The van der Waals surface area contributed by atoms with Gasteiger partial charge in [0.2, 0.25) is 0 Å². The maximum atomic E-state index is 10.3. The van der Waals surface area contributed by atoms with E-state index in [1.165, 1.54) is 0 Å². The Kier molecular flexibility index (Phi) is 4.66. The van der Waals surface area contributed by atoms with Crippen LogP contribution >= 0.6 is 0 Å². The fourth-order valence-corrected chi connectivity index (χ4v) is 2.54. The first-order valence-electron chi connectivity index (χ1n) is 6.98. The number of nitrogens with two attached hydrogens (primary N) is 1. The largest absolute Gasteiger partial charge is 0.490 e. The van der Waals surface area contributed by atoms with Gasteiger partial charge in [-0.1, -0.05) is 25.0 Å². The van der Waals surface area contributed by atoms with Crippen molar-refractivity contribution >= 4 is 0 Å². The van der Waals surface area contributed by atoms with E-state index in [-0.39, 0.29) is 0 Å².